The van der Waals surface area contributed by atoms with Crippen molar-refractivity contribution < 1.29 is 0 Å². The van der Waals surface area contributed by atoms with E-state index in [0.717, 1.165) is 68.2 Å². The summed E-state index contributed by atoms with van der Waals surface area (Å²) in [4.78, 5) is 30.1. The van der Waals surface area contributed by atoms with Gasteiger partial charge in [0.25, 0.3) is 0 Å². The van der Waals surface area contributed by atoms with Gasteiger partial charge in [0.1, 0.15) is 0 Å². The topological polar surface area (TPSA) is 101 Å². The number of benzene rings is 6. The van der Waals surface area contributed by atoms with E-state index in [1.54, 1.807) is 0 Å². The summed E-state index contributed by atoms with van der Waals surface area (Å²) in [5.74, 6) is 7.95. The third-order valence-electron chi connectivity index (χ3n) is 12.3. The molecule has 2 unspecified atom stereocenters. The Morgan fingerprint density at radius 2 is 0.789 bits per heavy atom. The molecule has 2 heterocycles. The van der Waals surface area contributed by atoms with E-state index in [9.17, 15) is 5.26 Å². The highest BCUT2D eigenvalue weighted by molar-refractivity contribution is 5.74. The highest BCUT2D eigenvalue weighted by Gasteiger charge is 2.67. The summed E-state index contributed by atoms with van der Waals surface area (Å²) in [6, 6.07) is 55.2. The molecule has 0 spiro atoms. The van der Waals surface area contributed by atoms with E-state index >= 15 is 0 Å². The highest BCUT2D eigenvalue weighted by atomic mass is 15.0. The number of hydrogen-bond acceptors (Lipinski definition) is 7. The third-order valence-corrected chi connectivity index (χ3v) is 12.3. The van der Waals surface area contributed by atoms with Crippen molar-refractivity contribution >= 4 is 0 Å². The van der Waals surface area contributed by atoms with Gasteiger partial charge in [0.15, 0.2) is 34.9 Å². The van der Waals surface area contributed by atoms with Crippen LogP contribution in [0.3, 0.4) is 0 Å². The SMILES string of the molecule is N#Cc1ccc(-c2cccc(-c3nc(-c4ccc(-c5nc(-c6ccccc6)nc(-c6ccccc6)n5)cc4)nc(-c4cccc(C5C6CC7CC5C76)c4)n3)c2)cc1. The smallest absolute Gasteiger partial charge is 0.164 e. The Labute approximate surface area is 330 Å². The number of hydrogen-bond donors (Lipinski definition) is 0. The fraction of sp³-hybridized carbons (Fsp3) is 0.140. The summed E-state index contributed by atoms with van der Waals surface area (Å²) in [5.41, 5.74) is 9.55. The maximum atomic E-state index is 9.34. The molecule has 0 amide bonds. The van der Waals surface area contributed by atoms with Crippen LogP contribution < -0.4 is 0 Å². The van der Waals surface area contributed by atoms with Gasteiger partial charge in [-0.1, -0.05) is 133 Å². The van der Waals surface area contributed by atoms with Crippen molar-refractivity contribution in [2.45, 2.75) is 18.8 Å². The second-order valence-corrected chi connectivity index (χ2v) is 15.5. The van der Waals surface area contributed by atoms with Gasteiger partial charge in [0.2, 0.25) is 0 Å². The molecule has 0 bridgehead atoms. The average molecular weight is 734 g/mol. The molecule has 7 heteroatoms. The molecular weight excluding hydrogens is 699 g/mol. The predicted molar refractivity (Wildman–Crippen MR) is 222 cm³/mol. The zero-order valence-electron chi connectivity index (χ0n) is 30.9. The lowest BCUT2D eigenvalue weighted by atomic mass is 9.31. The van der Waals surface area contributed by atoms with E-state index in [1.165, 1.54) is 18.4 Å². The Balaban J connectivity index is 0.991. The van der Waals surface area contributed by atoms with E-state index in [1.807, 2.05) is 121 Å². The van der Waals surface area contributed by atoms with Gasteiger partial charge in [-0.2, -0.15) is 5.26 Å². The van der Waals surface area contributed by atoms with Gasteiger partial charge in [0.05, 0.1) is 11.6 Å². The Kier molecular flexibility index (Phi) is 7.88. The molecule has 6 aromatic carbocycles. The van der Waals surface area contributed by atoms with E-state index < -0.39 is 0 Å². The lowest BCUT2D eigenvalue weighted by molar-refractivity contribution is -0.214. The van der Waals surface area contributed by atoms with Crippen molar-refractivity contribution in [2.75, 3.05) is 0 Å². The first-order chi connectivity index (χ1) is 28.1. The van der Waals surface area contributed by atoms with Gasteiger partial charge in [0, 0.05) is 33.4 Å². The van der Waals surface area contributed by atoms with Crippen LogP contribution in [0, 0.1) is 35.0 Å². The summed E-state index contributed by atoms with van der Waals surface area (Å²) in [6.45, 7) is 0. The Morgan fingerprint density at radius 1 is 0.386 bits per heavy atom. The van der Waals surface area contributed by atoms with Crippen molar-refractivity contribution in [1.82, 2.24) is 29.9 Å². The summed E-state index contributed by atoms with van der Waals surface area (Å²) in [5, 5.41) is 9.34. The molecule has 0 aliphatic heterocycles. The Hall–Kier alpha value is -7.17. The number of nitrogens with zero attached hydrogens (tertiary/aromatic N) is 7. The highest BCUT2D eigenvalue weighted by Crippen LogP contribution is 2.75. The molecular formula is C50H35N7. The quantitative estimate of drug-likeness (QED) is 0.153. The van der Waals surface area contributed by atoms with Crippen LogP contribution in [-0.4, -0.2) is 29.9 Å². The maximum Gasteiger partial charge on any atom is 0.164 e. The normalized spacial score (nSPS) is 19.9. The fourth-order valence-electron chi connectivity index (χ4n) is 9.42. The Morgan fingerprint density at radius 3 is 1.26 bits per heavy atom. The van der Waals surface area contributed by atoms with Crippen LogP contribution in [-0.2, 0) is 0 Å². The molecule has 0 saturated heterocycles. The standard InChI is InChI=1S/C50H35N7/c51-29-30-17-19-31(20-18-30)36-13-7-15-38(25-36)49-55-48(56-50(57-49)39-16-8-14-37(26-39)43-41-27-40-28-42(43)44(40)41)35-23-21-34(22-24-35)47-53-45(32-9-3-1-4-10-32)52-46(54-47)33-11-5-2-6-12-33/h1-26,40-44H,27-28H2. The monoisotopic (exact) mass is 733 g/mol. The molecule has 2 atom stereocenters. The second kappa shape index (κ2) is 13.5. The van der Waals surface area contributed by atoms with Gasteiger partial charge < -0.3 is 0 Å². The van der Waals surface area contributed by atoms with Crippen LogP contribution in [0.4, 0.5) is 0 Å². The minimum absolute atomic E-state index is 0.588. The summed E-state index contributed by atoms with van der Waals surface area (Å²) >= 11 is 0. The molecule has 11 rings (SSSR count). The first-order valence-electron chi connectivity index (χ1n) is 19.6. The number of nitriles is 1. The molecule has 3 aliphatic rings. The fourth-order valence-corrected chi connectivity index (χ4v) is 9.42. The molecule has 7 nitrogen and oxygen atoms in total. The van der Waals surface area contributed by atoms with Gasteiger partial charge in [-0.05, 0) is 83.4 Å². The second-order valence-electron chi connectivity index (χ2n) is 15.5. The molecule has 0 N–H and O–H groups in total. The van der Waals surface area contributed by atoms with Gasteiger partial charge >= 0.3 is 0 Å². The maximum absolute atomic E-state index is 9.34. The minimum Gasteiger partial charge on any atom is -0.208 e. The molecule has 3 aliphatic carbocycles. The van der Waals surface area contributed by atoms with Crippen LogP contribution in [0.1, 0.15) is 29.9 Å². The molecule has 2 aromatic heterocycles. The van der Waals surface area contributed by atoms with E-state index in [-0.39, 0.29) is 0 Å². The first-order valence-corrected chi connectivity index (χ1v) is 19.6. The van der Waals surface area contributed by atoms with Crippen molar-refractivity contribution in [3.63, 3.8) is 0 Å². The zero-order chi connectivity index (χ0) is 37.9. The van der Waals surface area contributed by atoms with Crippen molar-refractivity contribution in [1.29, 1.82) is 5.26 Å². The Bertz CT molecular complexity index is 2760. The molecule has 8 aromatic rings. The lowest BCUT2D eigenvalue weighted by Gasteiger charge is -2.73. The molecule has 57 heavy (non-hydrogen) atoms. The zero-order valence-corrected chi connectivity index (χ0v) is 30.9. The number of rotatable bonds is 8. The van der Waals surface area contributed by atoms with Crippen LogP contribution in [0.5, 0.6) is 0 Å². The van der Waals surface area contributed by atoms with Crippen LogP contribution >= 0.6 is 0 Å². The molecule has 3 fully saturated rings. The van der Waals surface area contributed by atoms with Crippen molar-refractivity contribution in [3.05, 3.63) is 169 Å². The van der Waals surface area contributed by atoms with Crippen LogP contribution in [0.25, 0.3) is 79.5 Å². The van der Waals surface area contributed by atoms with E-state index in [2.05, 4.69) is 42.5 Å². The molecule has 270 valence electrons. The summed E-state index contributed by atoms with van der Waals surface area (Å²) < 4.78 is 0. The number of aromatic nitrogens is 6. The lowest BCUT2D eigenvalue weighted by Crippen LogP contribution is -2.65. The summed E-state index contributed by atoms with van der Waals surface area (Å²) in [6.07, 6.45) is 2.76. The molecule has 3 saturated carbocycles. The largest absolute Gasteiger partial charge is 0.208 e. The van der Waals surface area contributed by atoms with Crippen molar-refractivity contribution in [3.8, 4) is 85.5 Å². The third kappa shape index (κ3) is 5.89. The van der Waals surface area contributed by atoms with Gasteiger partial charge in [-0.3, -0.25) is 0 Å². The molecule has 0 radical (unpaired) electrons. The minimum atomic E-state index is 0.588. The van der Waals surface area contributed by atoms with Crippen LogP contribution in [0.2, 0.25) is 0 Å². The van der Waals surface area contributed by atoms with Gasteiger partial charge in [-0.25, -0.2) is 29.9 Å². The van der Waals surface area contributed by atoms with E-state index in [4.69, 9.17) is 29.9 Å². The first kappa shape index (κ1) is 33.2. The van der Waals surface area contributed by atoms with E-state index in [0.29, 0.717) is 46.4 Å². The predicted octanol–water partition coefficient (Wildman–Crippen LogP) is 11.0. The van der Waals surface area contributed by atoms with Gasteiger partial charge in [-0.15, -0.1) is 0 Å². The van der Waals surface area contributed by atoms with Crippen molar-refractivity contribution in [2.24, 2.45) is 23.7 Å². The average Bonchev–Trinajstić information content (AvgIpc) is 3.29. The van der Waals surface area contributed by atoms with Crippen LogP contribution in [0.15, 0.2) is 158 Å². The summed E-state index contributed by atoms with van der Waals surface area (Å²) in [7, 11) is 0.